The Balaban J connectivity index is 1.18. The highest BCUT2D eigenvalue weighted by Crippen LogP contribution is 2.36. The van der Waals surface area contributed by atoms with Crippen LogP contribution in [0.2, 0.25) is 0 Å². The lowest BCUT2D eigenvalue weighted by molar-refractivity contribution is -0.113. The van der Waals surface area contributed by atoms with Crippen molar-refractivity contribution in [3.63, 3.8) is 0 Å². The maximum atomic E-state index is 12.5. The molecule has 2 aromatic rings. The Bertz CT molecular complexity index is 1180. The van der Waals surface area contributed by atoms with Crippen LogP contribution in [-0.2, 0) is 4.79 Å². The second-order valence-corrected chi connectivity index (χ2v) is 9.84. The van der Waals surface area contributed by atoms with Crippen LogP contribution >= 0.6 is 11.8 Å². The third kappa shape index (κ3) is 4.41. The fourth-order valence-corrected chi connectivity index (χ4v) is 5.38. The zero-order valence-electron chi connectivity index (χ0n) is 19.4. The molecule has 3 unspecified atom stereocenters. The van der Waals surface area contributed by atoms with Gasteiger partial charge in [-0.15, -0.1) is 0 Å². The van der Waals surface area contributed by atoms with Gasteiger partial charge in [0.15, 0.2) is 11.0 Å². The quantitative estimate of drug-likeness (QED) is 0.570. The monoisotopic (exact) mass is 476 g/mol. The molecule has 1 fully saturated rings. The molecule has 1 amide bonds. The number of amides is 1. The molecule has 0 radical (unpaired) electrons. The number of hydrogen-bond donors (Lipinski definition) is 3. The number of amidine groups is 1. The molecule has 176 valence electrons. The Kier molecular flexibility index (Phi) is 6.05. The van der Waals surface area contributed by atoms with Gasteiger partial charge in [0.25, 0.3) is 0 Å². The van der Waals surface area contributed by atoms with Crippen LogP contribution in [0, 0.1) is 13.8 Å². The number of benzene rings is 2. The standard InChI is InChI=1S/C25H28N6O2S/c1-15-4-5-16(2)20(12-15)21-13-22-24-27-28-25(30(24)10-11-31(22)29-21)34-14-23(33)26-19-8-6-18(7-9-19)17(3)32/h4-12,21-22,24,27,29H,13-14H2,1-3H3,(H,26,33). The van der Waals surface area contributed by atoms with Crippen LogP contribution in [0.4, 0.5) is 5.69 Å². The van der Waals surface area contributed by atoms with Crippen molar-refractivity contribution >= 4 is 34.3 Å². The molecule has 8 nitrogen and oxygen atoms in total. The molecule has 2 aromatic carbocycles. The molecule has 0 aliphatic carbocycles. The van der Waals surface area contributed by atoms with Crippen molar-refractivity contribution in [1.82, 2.24) is 20.8 Å². The topological polar surface area (TPSA) is 89.1 Å². The third-order valence-electron chi connectivity index (χ3n) is 6.42. The average Bonchev–Trinajstić information content (AvgIpc) is 3.43. The Morgan fingerprint density at radius 2 is 1.94 bits per heavy atom. The number of rotatable bonds is 5. The molecule has 3 atom stereocenters. The minimum atomic E-state index is -0.119. The summed E-state index contributed by atoms with van der Waals surface area (Å²) in [5.41, 5.74) is 12.1. The van der Waals surface area contributed by atoms with Crippen LogP contribution < -0.4 is 16.2 Å². The van der Waals surface area contributed by atoms with Crippen LogP contribution in [0.25, 0.3) is 0 Å². The van der Waals surface area contributed by atoms with E-state index in [0.29, 0.717) is 11.3 Å². The van der Waals surface area contributed by atoms with Gasteiger partial charge in [0, 0.05) is 23.7 Å². The maximum absolute atomic E-state index is 12.5. The number of ketones is 1. The van der Waals surface area contributed by atoms with Crippen molar-refractivity contribution in [2.45, 2.75) is 45.4 Å². The molecule has 3 heterocycles. The molecule has 34 heavy (non-hydrogen) atoms. The molecular weight excluding hydrogens is 448 g/mol. The highest BCUT2D eigenvalue weighted by molar-refractivity contribution is 8.14. The zero-order valence-corrected chi connectivity index (χ0v) is 20.2. The second-order valence-electron chi connectivity index (χ2n) is 8.90. The predicted octanol–water partition coefficient (Wildman–Crippen LogP) is 3.49. The van der Waals surface area contributed by atoms with Crippen molar-refractivity contribution in [2.75, 3.05) is 11.1 Å². The van der Waals surface area contributed by atoms with Crippen LogP contribution in [-0.4, -0.2) is 44.7 Å². The van der Waals surface area contributed by atoms with E-state index in [1.807, 2.05) is 12.4 Å². The van der Waals surface area contributed by atoms with E-state index in [0.717, 1.165) is 11.6 Å². The van der Waals surface area contributed by atoms with Crippen molar-refractivity contribution in [1.29, 1.82) is 0 Å². The highest BCUT2D eigenvalue weighted by atomic mass is 32.2. The molecule has 3 N–H and O–H groups in total. The number of hydrazone groups is 1. The predicted molar refractivity (Wildman–Crippen MR) is 135 cm³/mol. The smallest absolute Gasteiger partial charge is 0.234 e. The number of nitrogens with one attached hydrogen (secondary N) is 3. The first kappa shape index (κ1) is 22.5. The van der Waals surface area contributed by atoms with E-state index in [2.05, 4.69) is 63.2 Å². The minimum absolute atomic E-state index is 0.000633. The van der Waals surface area contributed by atoms with Crippen molar-refractivity contribution in [3.05, 3.63) is 77.1 Å². The van der Waals surface area contributed by atoms with Gasteiger partial charge >= 0.3 is 0 Å². The zero-order chi connectivity index (χ0) is 23.8. The van der Waals surface area contributed by atoms with Gasteiger partial charge in [-0.2, -0.15) is 5.10 Å². The summed E-state index contributed by atoms with van der Waals surface area (Å²) in [5, 5.41) is 10.3. The van der Waals surface area contributed by atoms with E-state index < -0.39 is 0 Å². The van der Waals surface area contributed by atoms with Crippen LogP contribution in [0.5, 0.6) is 0 Å². The molecule has 5 rings (SSSR count). The summed E-state index contributed by atoms with van der Waals surface area (Å²) >= 11 is 1.40. The van der Waals surface area contributed by atoms with E-state index in [1.165, 1.54) is 35.4 Å². The number of fused-ring (bicyclic) bond motifs is 3. The first-order valence-corrected chi connectivity index (χ1v) is 12.3. The van der Waals surface area contributed by atoms with E-state index in [4.69, 9.17) is 0 Å². The van der Waals surface area contributed by atoms with Gasteiger partial charge < -0.3 is 15.2 Å². The summed E-state index contributed by atoms with van der Waals surface area (Å²) in [6, 6.07) is 14.0. The number of aryl methyl sites for hydroxylation is 2. The Hall–Kier alpha value is -3.30. The number of nitrogens with zero attached hydrogens (tertiary/aromatic N) is 3. The Labute approximate surface area is 203 Å². The van der Waals surface area contributed by atoms with Crippen LogP contribution in [0.1, 0.15) is 46.4 Å². The number of hydrazine groups is 1. The van der Waals surface area contributed by atoms with Gasteiger partial charge in [-0.05, 0) is 62.6 Å². The summed E-state index contributed by atoms with van der Waals surface area (Å²) < 4.78 is 0. The molecule has 3 aliphatic rings. The minimum Gasteiger partial charge on any atom is -0.325 e. The Morgan fingerprint density at radius 1 is 1.15 bits per heavy atom. The summed E-state index contributed by atoms with van der Waals surface area (Å²) in [6.07, 6.45) is 5.01. The first-order valence-electron chi connectivity index (χ1n) is 11.3. The van der Waals surface area contributed by atoms with E-state index in [1.54, 1.807) is 24.3 Å². The number of Topliss-reactive ketones (excluding diaryl/α,β-unsaturated/α-hetero) is 1. The fraction of sp³-hybridized carbons (Fsp3) is 0.320. The molecular formula is C25H28N6O2S. The van der Waals surface area contributed by atoms with E-state index >= 15 is 0 Å². The largest absolute Gasteiger partial charge is 0.325 e. The number of carbonyl (C=O) groups excluding carboxylic acids is 2. The van der Waals surface area contributed by atoms with Gasteiger partial charge in [-0.1, -0.05) is 35.5 Å². The summed E-state index contributed by atoms with van der Waals surface area (Å²) in [6.45, 7) is 5.80. The molecule has 9 heteroatoms. The highest BCUT2D eigenvalue weighted by Gasteiger charge is 2.44. The lowest BCUT2D eigenvalue weighted by atomic mass is 9.95. The molecule has 0 bridgehead atoms. The molecule has 1 saturated heterocycles. The summed E-state index contributed by atoms with van der Waals surface area (Å²) in [4.78, 5) is 26.0. The maximum Gasteiger partial charge on any atom is 0.234 e. The molecule has 0 aromatic heterocycles. The molecule has 0 spiro atoms. The molecule has 3 aliphatic heterocycles. The van der Waals surface area contributed by atoms with Crippen molar-refractivity contribution < 1.29 is 9.59 Å². The lowest BCUT2D eigenvalue weighted by Crippen LogP contribution is -2.54. The average molecular weight is 477 g/mol. The van der Waals surface area contributed by atoms with E-state index in [-0.39, 0.29) is 35.7 Å². The third-order valence-corrected chi connectivity index (χ3v) is 7.39. The number of hydrogen-bond acceptors (Lipinski definition) is 8. The second kappa shape index (κ2) is 9.15. The normalized spacial score (nSPS) is 22.7. The van der Waals surface area contributed by atoms with Gasteiger partial charge in [-0.25, -0.2) is 5.43 Å². The summed E-state index contributed by atoms with van der Waals surface area (Å²) in [7, 11) is 0. The molecule has 0 saturated carbocycles. The van der Waals surface area contributed by atoms with Crippen LogP contribution in [0.15, 0.2) is 60.0 Å². The van der Waals surface area contributed by atoms with Gasteiger partial charge in [0.1, 0.15) is 6.17 Å². The SMILES string of the molecule is CC(=O)c1ccc(NC(=O)CSC2=NNC3C4CC(c5cc(C)ccc5C)NN4C=CN23)cc1. The van der Waals surface area contributed by atoms with Gasteiger partial charge in [-0.3, -0.25) is 15.0 Å². The lowest BCUT2D eigenvalue weighted by Gasteiger charge is -2.36. The van der Waals surface area contributed by atoms with Gasteiger partial charge in [0.2, 0.25) is 5.91 Å². The fourth-order valence-electron chi connectivity index (χ4n) is 4.60. The van der Waals surface area contributed by atoms with Crippen molar-refractivity contribution in [3.8, 4) is 0 Å². The van der Waals surface area contributed by atoms with Crippen LogP contribution in [0.3, 0.4) is 0 Å². The Morgan fingerprint density at radius 3 is 2.71 bits per heavy atom. The van der Waals surface area contributed by atoms with Gasteiger partial charge in [0.05, 0.1) is 17.8 Å². The number of thioether (sulfide) groups is 1. The number of carbonyl (C=O) groups is 2. The first-order chi connectivity index (χ1) is 16.4. The summed E-state index contributed by atoms with van der Waals surface area (Å²) in [5.74, 6) is 0.122. The number of anilines is 1. The van der Waals surface area contributed by atoms with E-state index in [9.17, 15) is 9.59 Å². The van der Waals surface area contributed by atoms with Crippen molar-refractivity contribution in [2.24, 2.45) is 5.10 Å².